The summed E-state index contributed by atoms with van der Waals surface area (Å²) in [6.45, 7) is 1.87. The van der Waals surface area contributed by atoms with Crippen LogP contribution in [0.25, 0.3) is 0 Å². The lowest BCUT2D eigenvalue weighted by atomic mass is 10.1. The highest BCUT2D eigenvalue weighted by molar-refractivity contribution is 7.80. The number of non-ortho nitro benzene ring substituents is 1. The summed E-state index contributed by atoms with van der Waals surface area (Å²) in [5, 5.41) is 10.9. The Morgan fingerprint density at radius 3 is 2.50 bits per heavy atom. The number of thiocarbonyl (C=S) groups is 1. The van der Waals surface area contributed by atoms with Crippen molar-refractivity contribution in [3.8, 4) is 11.5 Å². The average molecular weight is 400 g/mol. The topological polar surface area (TPSA) is 81.9 Å². The monoisotopic (exact) mass is 400 g/mol. The van der Waals surface area contributed by atoms with Crippen LogP contribution < -0.4 is 9.47 Å². The van der Waals surface area contributed by atoms with E-state index in [9.17, 15) is 14.9 Å². The maximum atomic E-state index is 12.4. The molecule has 0 atom stereocenters. The zero-order chi connectivity index (χ0) is 20.1. The first-order chi connectivity index (χ1) is 13.5. The predicted molar refractivity (Wildman–Crippen MR) is 108 cm³/mol. The molecule has 1 aliphatic heterocycles. The molecule has 0 bridgehead atoms. The molecule has 0 amide bonds. The molecule has 28 heavy (non-hydrogen) atoms. The van der Waals surface area contributed by atoms with E-state index in [4.69, 9.17) is 21.7 Å². The third-order valence-electron chi connectivity index (χ3n) is 4.55. The number of nitro groups is 1. The second kappa shape index (κ2) is 8.79. The SMILES string of the molecule is COc1cc(C(=S)N2CCCCC2)ccc1OC(=O)c1cccc([N+](=O)[O-])c1. The molecule has 0 aromatic heterocycles. The van der Waals surface area contributed by atoms with Crippen molar-refractivity contribution >= 4 is 28.9 Å². The second-order valence-electron chi connectivity index (χ2n) is 6.42. The van der Waals surface area contributed by atoms with E-state index in [-0.39, 0.29) is 17.0 Å². The van der Waals surface area contributed by atoms with E-state index in [1.54, 1.807) is 18.2 Å². The number of ether oxygens (including phenoxy) is 2. The van der Waals surface area contributed by atoms with Crippen LogP contribution >= 0.6 is 12.2 Å². The summed E-state index contributed by atoms with van der Waals surface area (Å²) in [5.74, 6) is -0.104. The van der Waals surface area contributed by atoms with Gasteiger partial charge in [0.2, 0.25) is 0 Å². The summed E-state index contributed by atoms with van der Waals surface area (Å²) in [5.41, 5.74) is 0.733. The first-order valence-corrected chi connectivity index (χ1v) is 9.34. The molecule has 0 N–H and O–H groups in total. The number of esters is 1. The number of benzene rings is 2. The molecule has 0 spiro atoms. The largest absolute Gasteiger partial charge is 0.493 e. The van der Waals surface area contributed by atoms with E-state index in [0.29, 0.717) is 5.75 Å². The minimum Gasteiger partial charge on any atom is -0.493 e. The third kappa shape index (κ3) is 4.45. The number of likely N-dealkylation sites (tertiary alicyclic amines) is 1. The fraction of sp³-hybridized carbons (Fsp3) is 0.300. The van der Waals surface area contributed by atoms with Crippen molar-refractivity contribution < 1.29 is 19.2 Å². The summed E-state index contributed by atoms with van der Waals surface area (Å²) < 4.78 is 10.8. The van der Waals surface area contributed by atoms with Gasteiger partial charge in [0.25, 0.3) is 5.69 Å². The van der Waals surface area contributed by atoms with E-state index in [2.05, 4.69) is 4.90 Å². The molecule has 3 rings (SSSR count). The summed E-state index contributed by atoms with van der Waals surface area (Å²) in [6.07, 6.45) is 3.46. The van der Waals surface area contributed by atoms with Crippen LogP contribution in [0.15, 0.2) is 42.5 Å². The number of carbonyl (C=O) groups is 1. The highest BCUT2D eigenvalue weighted by Gasteiger charge is 2.19. The number of nitro benzene ring substituents is 1. The van der Waals surface area contributed by atoms with Gasteiger partial charge in [-0.1, -0.05) is 18.3 Å². The van der Waals surface area contributed by atoms with Gasteiger partial charge in [0.05, 0.1) is 17.6 Å². The molecule has 1 saturated heterocycles. The van der Waals surface area contributed by atoms with Gasteiger partial charge in [-0.25, -0.2) is 4.79 Å². The molecule has 1 heterocycles. The molecule has 0 saturated carbocycles. The molecule has 2 aromatic rings. The van der Waals surface area contributed by atoms with Gasteiger partial charge in [0.1, 0.15) is 4.99 Å². The predicted octanol–water partition coefficient (Wildman–Crippen LogP) is 3.98. The molecule has 0 aliphatic carbocycles. The van der Waals surface area contributed by atoms with Crippen LogP contribution in [-0.4, -0.2) is 41.0 Å². The number of hydrogen-bond acceptors (Lipinski definition) is 6. The molecule has 0 radical (unpaired) electrons. The highest BCUT2D eigenvalue weighted by Crippen LogP contribution is 2.30. The molecule has 1 fully saturated rings. The van der Waals surface area contributed by atoms with Crippen LogP contribution in [0.2, 0.25) is 0 Å². The smallest absolute Gasteiger partial charge is 0.343 e. The maximum Gasteiger partial charge on any atom is 0.343 e. The number of piperidine rings is 1. The van der Waals surface area contributed by atoms with Crippen LogP contribution in [0.5, 0.6) is 11.5 Å². The van der Waals surface area contributed by atoms with Crippen LogP contribution in [0.4, 0.5) is 5.69 Å². The first-order valence-electron chi connectivity index (χ1n) is 8.93. The Morgan fingerprint density at radius 1 is 1.07 bits per heavy atom. The van der Waals surface area contributed by atoms with Gasteiger partial charge in [-0.05, 0) is 43.5 Å². The van der Waals surface area contributed by atoms with Crippen LogP contribution in [0, 0.1) is 10.1 Å². The van der Waals surface area contributed by atoms with E-state index >= 15 is 0 Å². The van der Waals surface area contributed by atoms with Gasteiger partial charge in [0, 0.05) is 30.8 Å². The molecule has 0 unspecified atom stereocenters. The summed E-state index contributed by atoms with van der Waals surface area (Å²) in [7, 11) is 1.48. The van der Waals surface area contributed by atoms with Gasteiger partial charge in [0.15, 0.2) is 11.5 Å². The second-order valence-corrected chi connectivity index (χ2v) is 6.80. The van der Waals surface area contributed by atoms with Crippen molar-refractivity contribution in [1.29, 1.82) is 0 Å². The Bertz CT molecular complexity index is 909. The van der Waals surface area contributed by atoms with Crippen molar-refractivity contribution in [3.05, 3.63) is 63.7 Å². The van der Waals surface area contributed by atoms with Gasteiger partial charge < -0.3 is 14.4 Å². The van der Waals surface area contributed by atoms with Gasteiger partial charge >= 0.3 is 5.97 Å². The zero-order valence-corrected chi connectivity index (χ0v) is 16.2. The van der Waals surface area contributed by atoms with Crippen LogP contribution in [-0.2, 0) is 0 Å². The molecule has 8 heteroatoms. The van der Waals surface area contributed by atoms with Gasteiger partial charge in [-0.3, -0.25) is 10.1 Å². The fourth-order valence-corrected chi connectivity index (χ4v) is 3.38. The van der Waals surface area contributed by atoms with Crippen LogP contribution in [0.3, 0.4) is 0 Å². The van der Waals surface area contributed by atoms with E-state index in [0.717, 1.165) is 36.5 Å². The quantitative estimate of drug-likeness (QED) is 0.247. The van der Waals surface area contributed by atoms with Crippen LogP contribution in [0.1, 0.15) is 35.2 Å². The Kier molecular flexibility index (Phi) is 6.20. The molecular weight excluding hydrogens is 380 g/mol. The number of nitrogens with zero attached hydrogens (tertiary/aromatic N) is 2. The number of hydrogen-bond donors (Lipinski definition) is 0. The first kappa shape index (κ1) is 19.8. The Balaban J connectivity index is 1.78. The van der Waals surface area contributed by atoms with Crippen molar-refractivity contribution in [1.82, 2.24) is 4.90 Å². The van der Waals surface area contributed by atoms with E-state index in [1.807, 2.05) is 0 Å². The molecule has 1 aliphatic rings. The standard InChI is InChI=1S/C20H20N2O5S/c1-26-18-13-14(19(28)21-10-3-2-4-11-21)8-9-17(18)27-20(23)15-6-5-7-16(12-15)22(24)25/h5-9,12-13H,2-4,10-11H2,1H3. The fourth-order valence-electron chi connectivity index (χ4n) is 3.07. The molecule has 146 valence electrons. The third-order valence-corrected chi connectivity index (χ3v) is 5.04. The zero-order valence-electron chi connectivity index (χ0n) is 15.4. The van der Waals surface area contributed by atoms with Crippen molar-refractivity contribution in [3.63, 3.8) is 0 Å². The van der Waals surface area contributed by atoms with Crippen molar-refractivity contribution in [2.75, 3.05) is 20.2 Å². The lowest BCUT2D eigenvalue weighted by Crippen LogP contribution is -2.34. The maximum absolute atomic E-state index is 12.4. The van der Waals surface area contributed by atoms with E-state index in [1.165, 1.54) is 37.8 Å². The van der Waals surface area contributed by atoms with Gasteiger partial charge in [-0.15, -0.1) is 0 Å². The Hall–Kier alpha value is -3.00. The normalized spacial score (nSPS) is 13.7. The molecule has 7 nitrogen and oxygen atoms in total. The lowest BCUT2D eigenvalue weighted by Gasteiger charge is -2.29. The lowest BCUT2D eigenvalue weighted by molar-refractivity contribution is -0.384. The average Bonchev–Trinajstić information content (AvgIpc) is 2.74. The number of methoxy groups -OCH3 is 1. The highest BCUT2D eigenvalue weighted by atomic mass is 32.1. The number of carbonyl (C=O) groups excluding carboxylic acids is 1. The summed E-state index contributed by atoms with van der Waals surface area (Å²) in [6, 6.07) is 10.5. The summed E-state index contributed by atoms with van der Waals surface area (Å²) in [4.78, 5) is 25.6. The Morgan fingerprint density at radius 2 is 1.82 bits per heavy atom. The number of rotatable bonds is 5. The molecular formula is C20H20N2O5S. The minimum absolute atomic E-state index is 0.0872. The van der Waals surface area contributed by atoms with Crippen molar-refractivity contribution in [2.45, 2.75) is 19.3 Å². The van der Waals surface area contributed by atoms with Gasteiger partial charge in [-0.2, -0.15) is 0 Å². The minimum atomic E-state index is -0.701. The summed E-state index contributed by atoms with van der Waals surface area (Å²) >= 11 is 5.59. The molecule has 2 aromatic carbocycles. The van der Waals surface area contributed by atoms with E-state index < -0.39 is 10.9 Å². The Labute approximate surface area is 168 Å². The van der Waals surface area contributed by atoms with Crippen molar-refractivity contribution in [2.24, 2.45) is 0 Å².